The zero-order valence-corrected chi connectivity index (χ0v) is 14.7. The van der Waals surface area contributed by atoms with Gasteiger partial charge in [0.1, 0.15) is 11.5 Å². The van der Waals surface area contributed by atoms with Gasteiger partial charge in [0.25, 0.3) is 0 Å². The van der Waals surface area contributed by atoms with Crippen molar-refractivity contribution < 1.29 is 9.84 Å². The van der Waals surface area contributed by atoms with Crippen LogP contribution in [0, 0.1) is 0 Å². The minimum Gasteiger partial charge on any atom is -0.507 e. The summed E-state index contributed by atoms with van der Waals surface area (Å²) in [7, 11) is 0. The van der Waals surface area contributed by atoms with Gasteiger partial charge in [-0.2, -0.15) is 0 Å². The molecule has 4 aromatic carbocycles. The lowest BCUT2D eigenvalue weighted by atomic mass is 9.91. The molecule has 0 aliphatic carbocycles. The van der Waals surface area contributed by atoms with Crippen LogP contribution in [0.4, 0.5) is 0 Å². The minimum absolute atomic E-state index is 0.0364. The van der Waals surface area contributed by atoms with Gasteiger partial charge in [0.2, 0.25) is 0 Å². The van der Waals surface area contributed by atoms with Crippen molar-refractivity contribution in [3.8, 4) is 11.5 Å². The van der Waals surface area contributed by atoms with E-state index in [2.05, 4.69) is 41.7 Å². The second-order valence-corrected chi connectivity index (χ2v) is 6.77. The largest absolute Gasteiger partial charge is 0.507 e. The number of para-hydroxylation sites is 1. The molecule has 0 bridgehead atoms. The molecule has 0 amide bonds. The molecule has 1 aliphatic heterocycles. The zero-order chi connectivity index (χ0) is 18.2. The van der Waals surface area contributed by atoms with E-state index in [4.69, 9.17) is 4.74 Å². The number of ether oxygens (including phenoxy) is 1. The number of hydrogen-bond acceptors (Lipinski definition) is 3. The summed E-state index contributed by atoms with van der Waals surface area (Å²) >= 11 is 0. The molecule has 0 spiro atoms. The van der Waals surface area contributed by atoms with Gasteiger partial charge < -0.3 is 9.84 Å². The molecule has 3 nitrogen and oxygen atoms in total. The molecule has 1 heterocycles. The number of hydrogen-bond donors (Lipinski definition) is 2. The Balaban J connectivity index is 1.71. The fraction of sp³-hybridized carbons (Fsp3) is 0.0833. The van der Waals surface area contributed by atoms with Crippen LogP contribution in [0.3, 0.4) is 0 Å². The van der Waals surface area contributed by atoms with Crippen molar-refractivity contribution >= 4 is 10.8 Å². The Morgan fingerprint density at radius 1 is 0.741 bits per heavy atom. The molecule has 5 rings (SSSR count). The highest BCUT2D eigenvalue weighted by molar-refractivity contribution is 5.89. The molecular formula is C24H19NO2. The van der Waals surface area contributed by atoms with Gasteiger partial charge in [-0.25, -0.2) is 0 Å². The van der Waals surface area contributed by atoms with E-state index in [1.54, 1.807) is 6.07 Å². The second kappa shape index (κ2) is 6.45. The Morgan fingerprint density at radius 2 is 1.48 bits per heavy atom. The first-order chi connectivity index (χ1) is 13.3. The third kappa shape index (κ3) is 2.73. The Morgan fingerprint density at radius 3 is 2.33 bits per heavy atom. The van der Waals surface area contributed by atoms with Crippen LogP contribution < -0.4 is 10.1 Å². The van der Waals surface area contributed by atoms with Gasteiger partial charge in [-0.3, -0.25) is 5.32 Å². The van der Waals surface area contributed by atoms with Gasteiger partial charge in [-0.05, 0) is 28.5 Å². The van der Waals surface area contributed by atoms with Gasteiger partial charge in [-0.15, -0.1) is 0 Å². The van der Waals surface area contributed by atoms with E-state index in [1.165, 1.54) is 16.3 Å². The summed E-state index contributed by atoms with van der Waals surface area (Å²) < 4.78 is 6.29. The fourth-order valence-corrected chi connectivity index (χ4v) is 3.84. The highest BCUT2D eigenvalue weighted by atomic mass is 16.5. The van der Waals surface area contributed by atoms with E-state index in [9.17, 15) is 5.11 Å². The van der Waals surface area contributed by atoms with E-state index >= 15 is 0 Å². The summed E-state index contributed by atoms with van der Waals surface area (Å²) in [4.78, 5) is 0. The van der Waals surface area contributed by atoms with Gasteiger partial charge in [0.05, 0.1) is 6.04 Å². The summed E-state index contributed by atoms with van der Waals surface area (Å²) in [5.74, 6) is 1.07. The number of fused-ring (bicyclic) bond motifs is 3. The zero-order valence-electron chi connectivity index (χ0n) is 14.7. The normalized spacial score (nSPS) is 18.7. The molecule has 0 fully saturated rings. The Kier molecular flexibility index (Phi) is 3.80. The van der Waals surface area contributed by atoms with Crippen molar-refractivity contribution in [2.75, 3.05) is 0 Å². The summed E-state index contributed by atoms with van der Waals surface area (Å²) in [5.41, 5.74) is 3.03. The number of nitrogens with one attached hydrogen (secondary N) is 1. The van der Waals surface area contributed by atoms with Crippen molar-refractivity contribution in [2.45, 2.75) is 12.3 Å². The third-order valence-electron chi connectivity index (χ3n) is 5.13. The molecule has 0 saturated heterocycles. The monoisotopic (exact) mass is 353 g/mol. The van der Waals surface area contributed by atoms with Gasteiger partial charge in [0.15, 0.2) is 6.23 Å². The standard InChI is InChI=1S/C24H19NO2/c26-20-13-7-6-12-19(20)24-25-23(17-9-2-1-3-10-17)22-18-11-5-4-8-16(18)14-15-21(22)27-24/h1-15,23-26H/t23-,24-/m0/s1. The van der Waals surface area contributed by atoms with Crippen molar-refractivity contribution in [3.05, 3.63) is 108 Å². The first kappa shape index (κ1) is 15.9. The molecule has 1 aliphatic rings. The first-order valence-corrected chi connectivity index (χ1v) is 9.08. The van der Waals surface area contributed by atoms with Crippen molar-refractivity contribution in [3.63, 3.8) is 0 Å². The Bertz CT molecular complexity index is 1110. The van der Waals surface area contributed by atoms with E-state index < -0.39 is 6.23 Å². The molecule has 0 saturated carbocycles. The molecule has 4 aromatic rings. The number of benzene rings is 4. The fourth-order valence-electron chi connectivity index (χ4n) is 3.84. The first-order valence-electron chi connectivity index (χ1n) is 9.08. The van der Waals surface area contributed by atoms with Crippen LogP contribution in [0.2, 0.25) is 0 Å². The van der Waals surface area contributed by atoms with Gasteiger partial charge in [0, 0.05) is 11.1 Å². The van der Waals surface area contributed by atoms with Crippen LogP contribution in [0.25, 0.3) is 10.8 Å². The molecule has 3 heteroatoms. The average Bonchev–Trinajstić information content (AvgIpc) is 2.74. The number of phenolic OH excluding ortho intramolecular Hbond substituents is 1. The second-order valence-electron chi connectivity index (χ2n) is 6.77. The molecule has 0 radical (unpaired) electrons. The van der Waals surface area contributed by atoms with Crippen LogP contribution in [0.5, 0.6) is 11.5 Å². The smallest absolute Gasteiger partial charge is 0.180 e. The molecular weight excluding hydrogens is 334 g/mol. The Labute approximate surface area is 157 Å². The summed E-state index contributed by atoms with van der Waals surface area (Å²) in [6.45, 7) is 0. The maximum absolute atomic E-state index is 10.3. The molecule has 0 aromatic heterocycles. The quantitative estimate of drug-likeness (QED) is 0.513. The van der Waals surface area contributed by atoms with E-state index in [0.29, 0.717) is 0 Å². The summed E-state index contributed by atoms with van der Waals surface area (Å²) in [5, 5.41) is 16.3. The summed E-state index contributed by atoms with van der Waals surface area (Å²) in [6, 6.07) is 30.1. The lowest BCUT2D eigenvalue weighted by molar-refractivity contribution is 0.131. The minimum atomic E-state index is -0.426. The average molecular weight is 353 g/mol. The molecule has 27 heavy (non-hydrogen) atoms. The molecule has 132 valence electrons. The van der Waals surface area contributed by atoms with Gasteiger partial charge in [-0.1, -0.05) is 78.9 Å². The number of phenols is 1. The number of aromatic hydroxyl groups is 1. The van der Waals surface area contributed by atoms with Crippen molar-refractivity contribution in [2.24, 2.45) is 0 Å². The Hall–Kier alpha value is -3.30. The van der Waals surface area contributed by atoms with Crippen molar-refractivity contribution in [1.29, 1.82) is 0 Å². The maximum atomic E-state index is 10.3. The molecule has 0 unspecified atom stereocenters. The van der Waals surface area contributed by atoms with Crippen molar-refractivity contribution in [1.82, 2.24) is 5.32 Å². The predicted molar refractivity (Wildman–Crippen MR) is 107 cm³/mol. The van der Waals surface area contributed by atoms with Crippen LogP contribution in [0.1, 0.15) is 29.0 Å². The number of rotatable bonds is 2. The predicted octanol–water partition coefficient (Wildman–Crippen LogP) is 5.32. The van der Waals surface area contributed by atoms with E-state index in [0.717, 1.165) is 16.9 Å². The lowest BCUT2D eigenvalue weighted by Gasteiger charge is -2.35. The van der Waals surface area contributed by atoms with E-state index in [1.807, 2.05) is 48.5 Å². The van der Waals surface area contributed by atoms with Gasteiger partial charge >= 0.3 is 0 Å². The molecule has 2 atom stereocenters. The maximum Gasteiger partial charge on any atom is 0.180 e. The highest BCUT2D eigenvalue weighted by Crippen LogP contribution is 2.43. The van der Waals surface area contributed by atoms with Crippen LogP contribution in [-0.2, 0) is 0 Å². The third-order valence-corrected chi connectivity index (χ3v) is 5.13. The lowest BCUT2D eigenvalue weighted by Crippen LogP contribution is -2.35. The van der Waals surface area contributed by atoms with Crippen LogP contribution in [0.15, 0.2) is 91.0 Å². The van der Waals surface area contributed by atoms with Crippen LogP contribution >= 0.6 is 0 Å². The van der Waals surface area contributed by atoms with E-state index in [-0.39, 0.29) is 11.8 Å². The summed E-state index contributed by atoms with van der Waals surface area (Å²) in [6.07, 6.45) is -0.426. The van der Waals surface area contributed by atoms with Crippen LogP contribution in [-0.4, -0.2) is 5.11 Å². The topological polar surface area (TPSA) is 41.5 Å². The molecule has 2 N–H and O–H groups in total. The highest BCUT2D eigenvalue weighted by Gasteiger charge is 2.32. The SMILES string of the molecule is Oc1ccccc1[C@H]1N[C@@H](c2ccccc2)c2c(ccc3ccccc23)O1.